The van der Waals surface area contributed by atoms with E-state index in [2.05, 4.69) is 10.3 Å². The van der Waals surface area contributed by atoms with E-state index in [-0.39, 0.29) is 11.5 Å². The van der Waals surface area contributed by atoms with Gasteiger partial charge in [-0.15, -0.1) is 11.3 Å². The van der Waals surface area contributed by atoms with Crippen molar-refractivity contribution in [3.05, 3.63) is 35.2 Å². The maximum Gasteiger partial charge on any atom is 0.236 e. The predicted octanol–water partition coefficient (Wildman–Crippen LogP) is 3.39. The second kappa shape index (κ2) is 6.12. The van der Waals surface area contributed by atoms with Crippen molar-refractivity contribution in [2.45, 2.75) is 0 Å². The van der Waals surface area contributed by atoms with E-state index in [1.165, 1.54) is 23.1 Å². The average Bonchev–Trinajstić information content (AvgIpc) is 2.81. The van der Waals surface area contributed by atoms with E-state index in [0.29, 0.717) is 16.6 Å². The van der Waals surface area contributed by atoms with Crippen molar-refractivity contribution >= 4 is 34.1 Å². The monoisotopic (exact) mass is 300 g/mol. The van der Waals surface area contributed by atoms with Crippen LogP contribution in [0.25, 0.3) is 11.3 Å². The number of carbonyl (C=O) groups is 1. The molecule has 0 bridgehead atoms. The molecule has 0 fully saturated rings. The standard InChI is InChI=1S/C12H10F2N2OS2/c1-18-6-11(17)16-12-15-10(5-19-12)8-4-7(13)2-3-9(8)14/h2-5H,6H2,1H3,(H,15,16,17). The Hall–Kier alpha value is -1.47. The largest absolute Gasteiger partial charge is 0.301 e. The van der Waals surface area contributed by atoms with E-state index in [0.717, 1.165) is 18.2 Å². The number of carbonyl (C=O) groups excluding carboxylic acids is 1. The molecule has 1 amide bonds. The second-order valence-corrected chi connectivity index (χ2v) is 5.37. The number of rotatable bonds is 4. The van der Waals surface area contributed by atoms with Gasteiger partial charge in [0.2, 0.25) is 5.91 Å². The molecule has 2 rings (SSSR count). The summed E-state index contributed by atoms with van der Waals surface area (Å²) in [6.45, 7) is 0. The molecule has 2 aromatic rings. The topological polar surface area (TPSA) is 42.0 Å². The molecule has 0 saturated heterocycles. The highest BCUT2D eigenvalue weighted by atomic mass is 32.2. The Morgan fingerprint density at radius 1 is 1.47 bits per heavy atom. The molecule has 1 aromatic carbocycles. The molecule has 0 aliphatic carbocycles. The molecule has 1 aromatic heterocycles. The third-order valence-corrected chi connectivity index (χ3v) is 3.54. The number of thioether (sulfide) groups is 1. The van der Waals surface area contributed by atoms with Crippen molar-refractivity contribution in [1.82, 2.24) is 4.98 Å². The predicted molar refractivity (Wildman–Crippen MR) is 74.5 cm³/mol. The molecule has 0 aliphatic heterocycles. The summed E-state index contributed by atoms with van der Waals surface area (Å²) in [5.74, 6) is -0.928. The van der Waals surface area contributed by atoms with Gasteiger partial charge in [-0.3, -0.25) is 4.79 Å². The molecule has 0 atom stereocenters. The number of thiazole rings is 1. The zero-order chi connectivity index (χ0) is 13.8. The molecule has 0 unspecified atom stereocenters. The summed E-state index contributed by atoms with van der Waals surface area (Å²) in [7, 11) is 0. The lowest BCUT2D eigenvalue weighted by Crippen LogP contribution is -2.13. The van der Waals surface area contributed by atoms with Crippen LogP contribution in [0.15, 0.2) is 23.6 Å². The number of benzene rings is 1. The van der Waals surface area contributed by atoms with E-state index in [4.69, 9.17) is 0 Å². The lowest BCUT2D eigenvalue weighted by molar-refractivity contribution is -0.113. The fourth-order valence-electron chi connectivity index (χ4n) is 1.44. The van der Waals surface area contributed by atoms with Crippen LogP contribution in [0.5, 0.6) is 0 Å². The molecule has 7 heteroatoms. The Kier molecular flexibility index (Phi) is 4.49. The van der Waals surface area contributed by atoms with Gasteiger partial charge < -0.3 is 5.32 Å². The highest BCUT2D eigenvalue weighted by Crippen LogP contribution is 2.27. The van der Waals surface area contributed by atoms with Gasteiger partial charge in [0.15, 0.2) is 5.13 Å². The zero-order valence-corrected chi connectivity index (χ0v) is 11.6. The Balaban J connectivity index is 2.21. The lowest BCUT2D eigenvalue weighted by Gasteiger charge is -2.00. The minimum absolute atomic E-state index is 0.0848. The van der Waals surface area contributed by atoms with Crippen LogP contribution in [0.4, 0.5) is 13.9 Å². The van der Waals surface area contributed by atoms with Crippen LogP contribution in [0.3, 0.4) is 0 Å². The van der Waals surface area contributed by atoms with Gasteiger partial charge in [-0.2, -0.15) is 11.8 Å². The first-order valence-corrected chi connectivity index (χ1v) is 7.57. The van der Waals surface area contributed by atoms with Crippen LogP contribution in [0, 0.1) is 11.6 Å². The molecular weight excluding hydrogens is 290 g/mol. The first kappa shape index (κ1) is 14.0. The minimum atomic E-state index is -0.548. The van der Waals surface area contributed by atoms with Crippen LogP contribution in [-0.2, 0) is 4.79 Å². The quantitative estimate of drug-likeness (QED) is 0.941. The molecule has 0 spiro atoms. The normalized spacial score (nSPS) is 10.5. The van der Waals surface area contributed by atoms with Crippen LogP contribution in [-0.4, -0.2) is 22.9 Å². The molecule has 1 heterocycles. The molecular formula is C12H10F2N2OS2. The number of nitrogens with zero attached hydrogens (tertiary/aromatic N) is 1. The third-order valence-electron chi connectivity index (χ3n) is 2.23. The summed E-state index contributed by atoms with van der Waals surface area (Å²) in [4.78, 5) is 15.5. The van der Waals surface area contributed by atoms with Crippen molar-refractivity contribution in [3.63, 3.8) is 0 Å². The number of aromatic nitrogens is 1. The summed E-state index contributed by atoms with van der Waals surface area (Å²) in [5, 5.41) is 4.55. The van der Waals surface area contributed by atoms with E-state index in [1.807, 2.05) is 6.26 Å². The van der Waals surface area contributed by atoms with E-state index >= 15 is 0 Å². The Morgan fingerprint density at radius 3 is 3.00 bits per heavy atom. The first-order valence-electron chi connectivity index (χ1n) is 5.30. The Bertz CT molecular complexity index is 601. The SMILES string of the molecule is CSCC(=O)Nc1nc(-c2cc(F)ccc2F)cs1. The third kappa shape index (κ3) is 3.51. The lowest BCUT2D eigenvalue weighted by atomic mass is 10.1. The van der Waals surface area contributed by atoms with E-state index in [1.54, 1.807) is 5.38 Å². The Labute approximate surface area is 117 Å². The molecule has 0 saturated carbocycles. The van der Waals surface area contributed by atoms with Gasteiger partial charge in [0.05, 0.1) is 11.4 Å². The zero-order valence-electron chi connectivity index (χ0n) is 9.94. The van der Waals surface area contributed by atoms with Crippen molar-refractivity contribution in [3.8, 4) is 11.3 Å². The number of amides is 1. The van der Waals surface area contributed by atoms with Crippen LogP contribution >= 0.6 is 23.1 Å². The number of hydrogen-bond donors (Lipinski definition) is 1. The molecule has 100 valence electrons. The molecule has 0 aliphatic rings. The first-order chi connectivity index (χ1) is 9.10. The van der Waals surface area contributed by atoms with Gasteiger partial charge in [-0.25, -0.2) is 13.8 Å². The fraction of sp³-hybridized carbons (Fsp3) is 0.167. The fourth-order valence-corrected chi connectivity index (χ4v) is 2.50. The summed E-state index contributed by atoms with van der Waals surface area (Å²) < 4.78 is 26.6. The van der Waals surface area contributed by atoms with Crippen molar-refractivity contribution in [2.75, 3.05) is 17.3 Å². The smallest absolute Gasteiger partial charge is 0.236 e. The maximum absolute atomic E-state index is 13.6. The van der Waals surface area contributed by atoms with Gasteiger partial charge in [0.25, 0.3) is 0 Å². The van der Waals surface area contributed by atoms with Gasteiger partial charge in [0.1, 0.15) is 11.6 Å². The van der Waals surface area contributed by atoms with Crippen molar-refractivity contribution in [2.24, 2.45) is 0 Å². The van der Waals surface area contributed by atoms with Gasteiger partial charge in [-0.1, -0.05) is 0 Å². The summed E-state index contributed by atoms with van der Waals surface area (Å²) in [5.41, 5.74) is 0.392. The summed E-state index contributed by atoms with van der Waals surface area (Å²) in [6.07, 6.45) is 1.81. The summed E-state index contributed by atoms with van der Waals surface area (Å²) >= 11 is 2.56. The van der Waals surface area contributed by atoms with Gasteiger partial charge in [-0.05, 0) is 24.5 Å². The highest BCUT2D eigenvalue weighted by molar-refractivity contribution is 7.99. The maximum atomic E-state index is 13.6. The molecule has 3 nitrogen and oxygen atoms in total. The number of nitrogens with one attached hydrogen (secondary N) is 1. The second-order valence-electron chi connectivity index (χ2n) is 3.64. The van der Waals surface area contributed by atoms with Gasteiger partial charge in [0, 0.05) is 10.9 Å². The van der Waals surface area contributed by atoms with Crippen molar-refractivity contribution in [1.29, 1.82) is 0 Å². The molecule has 19 heavy (non-hydrogen) atoms. The van der Waals surface area contributed by atoms with E-state index < -0.39 is 11.6 Å². The number of anilines is 1. The number of hydrogen-bond acceptors (Lipinski definition) is 4. The van der Waals surface area contributed by atoms with Crippen LogP contribution in [0.2, 0.25) is 0 Å². The van der Waals surface area contributed by atoms with Gasteiger partial charge >= 0.3 is 0 Å². The summed E-state index contributed by atoms with van der Waals surface area (Å²) in [6, 6.07) is 3.18. The van der Waals surface area contributed by atoms with E-state index in [9.17, 15) is 13.6 Å². The van der Waals surface area contributed by atoms with Crippen LogP contribution < -0.4 is 5.32 Å². The molecule has 1 N–H and O–H groups in total. The minimum Gasteiger partial charge on any atom is -0.301 e. The highest BCUT2D eigenvalue weighted by Gasteiger charge is 2.11. The van der Waals surface area contributed by atoms with Crippen molar-refractivity contribution < 1.29 is 13.6 Å². The number of halogens is 2. The molecule has 0 radical (unpaired) electrons. The average molecular weight is 300 g/mol. The Morgan fingerprint density at radius 2 is 2.26 bits per heavy atom. The van der Waals surface area contributed by atoms with Crippen LogP contribution in [0.1, 0.15) is 0 Å².